The summed E-state index contributed by atoms with van der Waals surface area (Å²) in [5.41, 5.74) is -5.79. The van der Waals surface area contributed by atoms with Crippen LogP contribution in [0.2, 0.25) is 0 Å². The van der Waals surface area contributed by atoms with Crippen LogP contribution in [0.3, 0.4) is 0 Å². The third-order valence-electron chi connectivity index (χ3n) is 10.0. The summed E-state index contributed by atoms with van der Waals surface area (Å²) in [6.07, 6.45) is 7.11. The average molecular weight is 581 g/mol. The third-order valence-corrected chi connectivity index (χ3v) is 10.0. The van der Waals surface area contributed by atoms with Crippen molar-refractivity contribution in [2.45, 2.75) is 120 Å². The van der Waals surface area contributed by atoms with Gasteiger partial charge in [0.25, 0.3) is 5.91 Å². The molecule has 4 N–H and O–H groups in total. The van der Waals surface area contributed by atoms with Gasteiger partial charge in [0.15, 0.2) is 0 Å². The quantitative estimate of drug-likeness (QED) is 0.376. The minimum Gasteiger partial charge on any atom is -0.463 e. The molecule has 0 radical (unpaired) electrons. The fourth-order valence-corrected chi connectivity index (χ4v) is 7.03. The Hall–Kier alpha value is -3.43. The predicted octanol–water partition coefficient (Wildman–Crippen LogP) is 2.89. The van der Waals surface area contributed by atoms with Crippen molar-refractivity contribution in [3.05, 3.63) is 35.9 Å². The summed E-state index contributed by atoms with van der Waals surface area (Å²) in [6, 6.07) is 8.91. The van der Waals surface area contributed by atoms with Gasteiger partial charge in [0.05, 0.1) is 5.41 Å². The molecule has 4 fully saturated rings. The Morgan fingerprint density at radius 1 is 0.548 bits per heavy atom. The highest BCUT2D eigenvalue weighted by Crippen LogP contribution is 2.38. The molecule has 5 rings (SSSR count). The van der Waals surface area contributed by atoms with Crippen LogP contribution in [0.25, 0.3) is 0 Å². The van der Waals surface area contributed by atoms with E-state index in [-0.39, 0.29) is 12.5 Å². The van der Waals surface area contributed by atoms with Gasteiger partial charge in [-0.05, 0) is 64.9 Å². The van der Waals surface area contributed by atoms with E-state index >= 15 is 0 Å². The monoisotopic (exact) mass is 580 g/mol. The number of benzene rings is 1. The molecule has 1 unspecified atom stereocenters. The number of hydrogen-bond donors (Lipinski definition) is 4. The van der Waals surface area contributed by atoms with Gasteiger partial charge < -0.3 is 26.0 Å². The van der Waals surface area contributed by atoms with E-state index in [9.17, 15) is 24.0 Å². The van der Waals surface area contributed by atoms with Crippen LogP contribution in [-0.2, 0) is 34.2 Å². The molecule has 10 heteroatoms. The fourth-order valence-electron chi connectivity index (χ4n) is 7.03. The first kappa shape index (κ1) is 30.0. The van der Waals surface area contributed by atoms with Crippen LogP contribution >= 0.6 is 0 Å². The number of cyclic esters (lactones) is 1. The fraction of sp³-hybridized carbons (Fsp3) is 0.656. The summed E-state index contributed by atoms with van der Waals surface area (Å²) < 4.78 is 5.76. The highest BCUT2D eigenvalue weighted by atomic mass is 16.5. The van der Waals surface area contributed by atoms with Crippen molar-refractivity contribution in [2.75, 3.05) is 6.61 Å². The molecule has 42 heavy (non-hydrogen) atoms. The van der Waals surface area contributed by atoms with E-state index in [1.54, 1.807) is 45.0 Å². The van der Waals surface area contributed by atoms with E-state index in [4.69, 9.17) is 4.74 Å². The Morgan fingerprint density at radius 3 is 1.48 bits per heavy atom. The predicted molar refractivity (Wildman–Crippen MR) is 155 cm³/mol. The van der Waals surface area contributed by atoms with E-state index in [0.29, 0.717) is 44.1 Å². The summed E-state index contributed by atoms with van der Waals surface area (Å²) in [7, 11) is 0. The number of nitrogens with one attached hydrogen (secondary N) is 4. The van der Waals surface area contributed by atoms with Gasteiger partial charge in [0.1, 0.15) is 28.8 Å². The van der Waals surface area contributed by atoms with Crippen molar-refractivity contribution >= 4 is 29.6 Å². The lowest BCUT2D eigenvalue weighted by Gasteiger charge is -2.41. The second-order valence-electron chi connectivity index (χ2n) is 13.6. The lowest BCUT2D eigenvalue weighted by atomic mass is 9.84. The second-order valence-corrected chi connectivity index (χ2v) is 13.6. The molecule has 3 saturated carbocycles. The average Bonchev–Trinajstić information content (AvgIpc) is 3.74. The van der Waals surface area contributed by atoms with Crippen molar-refractivity contribution in [2.24, 2.45) is 5.41 Å². The molecule has 1 saturated heterocycles. The summed E-state index contributed by atoms with van der Waals surface area (Å²) in [5, 5.41) is 12.1. The first-order chi connectivity index (χ1) is 19.9. The minimum atomic E-state index is -1.53. The van der Waals surface area contributed by atoms with Gasteiger partial charge >= 0.3 is 5.97 Å². The number of amides is 4. The van der Waals surface area contributed by atoms with Crippen LogP contribution in [0.1, 0.15) is 103 Å². The highest BCUT2D eigenvalue weighted by Gasteiger charge is 2.54. The largest absolute Gasteiger partial charge is 0.463 e. The minimum absolute atomic E-state index is 0.229. The van der Waals surface area contributed by atoms with Crippen molar-refractivity contribution in [1.29, 1.82) is 0 Å². The Kier molecular flexibility index (Phi) is 7.87. The summed E-state index contributed by atoms with van der Waals surface area (Å²) in [6.45, 7) is 4.71. The zero-order valence-corrected chi connectivity index (χ0v) is 25.0. The van der Waals surface area contributed by atoms with Crippen molar-refractivity contribution in [1.82, 2.24) is 21.3 Å². The molecular weight excluding hydrogens is 536 g/mol. The summed E-state index contributed by atoms with van der Waals surface area (Å²) >= 11 is 0. The van der Waals surface area contributed by atoms with Crippen LogP contribution < -0.4 is 21.3 Å². The first-order valence-corrected chi connectivity index (χ1v) is 15.4. The van der Waals surface area contributed by atoms with Crippen molar-refractivity contribution in [3.63, 3.8) is 0 Å². The molecular formula is C32H44N4O6. The number of carbonyl (C=O) groups is 5. The van der Waals surface area contributed by atoms with Gasteiger partial charge in [0.2, 0.25) is 17.7 Å². The van der Waals surface area contributed by atoms with Gasteiger partial charge in [-0.15, -0.1) is 0 Å². The highest BCUT2D eigenvalue weighted by molar-refractivity contribution is 6.01. The van der Waals surface area contributed by atoms with Crippen molar-refractivity contribution < 1.29 is 28.7 Å². The van der Waals surface area contributed by atoms with Gasteiger partial charge in [-0.25, -0.2) is 4.79 Å². The first-order valence-electron chi connectivity index (χ1n) is 15.4. The van der Waals surface area contributed by atoms with Crippen LogP contribution in [-0.4, -0.2) is 52.8 Å². The molecule has 0 aromatic heterocycles. The molecule has 4 aliphatic rings. The number of hydrogen-bond acceptors (Lipinski definition) is 6. The maximum absolute atomic E-state index is 14.2. The van der Waals surface area contributed by atoms with E-state index < -0.39 is 51.3 Å². The molecule has 0 bridgehead atoms. The molecule has 1 aromatic carbocycles. The van der Waals surface area contributed by atoms with Gasteiger partial charge in [-0.2, -0.15) is 0 Å². The number of rotatable bonds is 1. The van der Waals surface area contributed by atoms with E-state index in [1.807, 2.05) is 6.07 Å². The summed E-state index contributed by atoms with van der Waals surface area (Å²) in [5.74, 6) is -2.36. The van der Waals surface area contributed by atoms with Gasteiger partial charge in [-0.1, -0.05) is 68.9 Å². The molecule has 3 aliphatic carbocycles. The molecule has 228 valence electrons. The molecule has 10 nitrogen and oxygen atoms in total. The molecule has 1 aliphatic heterocycles. The van der Waals surface area contributed by atoms with Gasteiger partial charge in [-0.3, -0.25) is 19.2 Å². The smallest absolute Gasteiger partial charge is 0.331 e. The Bertz CT molecular complexity index is 1240. The topological polar surface area (TPSA) is 143 Å². The number of esters is 1. The number of carbonyl (C=O) groups excluding carboxylic acids is 5. The maximum atomic E-state index is 14.2. The van der Waals surface area contributed by atoms with Crippen LogP contribution in [0.4, 0.5) is 0 Å². The molecule has 3 spiro atoms. The number of ether oxygens (including phenoxy) is 1. The lowest BCUT2D eigenvalue weighted by molar-refractivity contribution is -0.160. The zero-order valence-electron chi connectivity index (χ0n) is 25.0. The Labute approximate surface area is 247 Å². The maximum Gasteiger partial charge on any atom is 0.331 e. The van der Waals surface area contributed by atoms with E-state index in [1.165, 1.54) is 0 Å². The Morgan fingerprint density at radius 2 is 0.976 bits per heavy atom. The molecule has 1 atom stereocenters. The van der Waals surface area contributed by atoms with Crippen molar-refractivity contribution in [3.8, 4) is 0 Å². The Balaban J connectivity index is 1.58. The van der Waals surface area contributed by atoms with Crippen LogP contribution in [0, 0.1) is 5.41 Å². The third kappa shape index (κ3) is 5.28. The van der Waals surface area contributed by atoms with Crippen LogP contribution in [0.15, 0.2) is 30.3 Å². The molecule has 1 aromatic rings. The van der Waals surface area contributed by atoms with Crippen LogP contribution in [0.5, 0.6) is 0 Å². The van der Waals surface area contributed by atoms with Gasteiger partial charge in [0, 0.05) is 0 Å². The van der Waals surface area contributed by atoms with E-state index in [2.05, 4.69) is 21.3 Å². The SMILES string of the molecule is CC1(C)COC(=O)C2(CCCC2)NC(=O)C2(CCCC2)NC(=O)C2(CCCC2)NC(=O)C(C)(c2ccccc2)NC1=O. The normalized spacial score (nSPS) is 29.2. The second kappa shape index (κ2) is 11.0. The standard InChI is InChI=1S/C32H44N4O6/c1-28(2)21-42-27(41)32(19-11-12-20-32)36-26(40)31(17-9-10-18-31)35-25(39)30(15-7-8-16-30)34-24(38)29(3,33-23(28)37)22-13-5-4-6-14-22/h4-6,13-14H,7-12,15-21H2,1-3H3,(H,33,37)(H,34,38)(H,35,39)(H,36,40). The molecule has 4 amide bonds. The molecule has 1 heterocycles. The summed E-state index contributed by atoms with van der Waals surface area (Å²) in [4.78, 5) is 69.8. The lowest BCUT2D eigenvalue weighted by Crippen LogP contribution is -2.69. The zero-order chi connectivity index (χ0) is 30.2. The van der Waals surface area contributed by atoms with E-state index in [0.717, 1.165) is 38.5 Å².